The van der Waals surface area contributed by atoms with Crippen LogP contribution in [-0.2, 0) is 17.6 Å². The molecule has 0 atom stereocenters. The Morgan fingerprint density at radius 3 is 2.96 bits per heavy atom. The molecule has 6 nitrogen and oxygen atoms in total. The zero-order chi connectivity index (χ0) is 17.2. The summed E-state index contributed by atoms with van der Waals surface area (Å²) in [5, 5.41) is 4.10. The van der Waals surface area contributed by atoms with E-state index in [0.29, 0.717) is 10.2 Å². The first-order chi connectivity index (χ1) is 12.2. The molecule has 0 bridgehead atoms. The highest BCUT2D eigenvalue weighted by Crippen LogP contribution is 2.28. The number of nitrogens with zero attached hydrogens (tertiary/aromatic N) is 2. The minimum Gasteiger partial charge on any atom is -0.309 e. The summed E-state index contributed by atoms with van der Waals surface area (Å²) in [7, 11) is 0. The molecule has 0 saturated heterocycles. The molecule has 128 valence electrons. The zero-order valence-corrected chi connectivity index (χ0v) is 15.0. The van der Waals surface area contributed by atoms with E-state index in [0.717, 1.165) is 47.2 Å². The fourth-order valence-electron chi connectivity index (χ4n) is 2.93. The first-order valence-electron chi connectivity index (χ1n) is 8.09. The molecule has 1 aromatic carbocycles. The molecule has 0 unspecified atom stereocenters. The molecule has 2 N–H and O–H groups in total. The number of aromatic nitrogens is 3. The van der Waals surface area contributed by atoms with Crippen molar-refractivity contribution in [2.45, 2.75) is 30.7 Å². The first kappa shape index (κ1) is 16.3. The van der Waals surface area contributed by atoms with Gasteiger partial charge in [-0.2, -0.15) is 4.98 Å². The number of H-pyrrole nitrogens is 1. The van der Waals surface area contributed by atoms with Crippen LogP contribution in [0.2, 0.25) is 0 Å². The van der Waals surface area contributed by atoms with Gasteiger partial charge in [-0.25, -0.2) is 9.78 Å². The summed E-state index contributed by atoms with van der Waals surface area (Å²) in [4.78, 5) is 35.2. The van der Waals surface area contributed by atoms with Crippen molar-refractivity contribution < 1.29 is 4.79 Å². The van der Waals surface area contributed by atoms with Crippen LogP contribution in [0.25, 0.3) is 10.2 Å². The summed E-state index contributed by atoms with van der Waals surface area (Å²) in [6.07, 6.45) is 3.95. The number of hydrogen-bond acceptors (Lipinski definition) is 6. The average molecular weight is 372 g/mol. The lowest BCUT2D eigenvalue weighted by Crippen LogP contribution is -2.20. The molecule has 8 heteroatoms. The van der Waals surface area contributed by atoms with Crippen molar-refractivity contribution in [1.29, 1.82) is 0 Å². The molecule has 25 heavy (non-hydrogen) atoms. The van der Waals surface area contributed by atoms with Crippen LogP contribution in [0, 0.1) is 0 Å². The molecule has 1 amide bonds. The molecule has 1 aliphatic rings. The second kappa shape index (κ2) is 6.97. The summed E-state index contributed by atoms with van der Waals surface area (Å²) in [6, 6.07) is 7.77. The summed E-state index contributed by atoms with van der Waals surface area (Å²) in [6.45, 7) is 0. The van der Waals surface area contributed by atoms with Gasteiger partial charge in [0.25, 0.3) is 0 Å². The number of fused-ring (bicyclic) bond motifs is 2. The molecule has 2 aromatic heterocycles. The number of nitrogens with one attached hydrogen (secondary N) is 2. The van der Waals surface area contributed by atoms with Gasteiger partial charge in [-0.3, -0.25) is 4.79 Å². The predicted molar refractivity (Wildman–Crippen MR) is 100 cm³/mol. The molecule has 0 spiro atoms. The van der Waals surface area contributed by atoms with Crippen LogP contribution in [0.15, 0.2) is 34.1 Å². The van der Waals surface area contributed by atoms with E-state index < -0.39 is 0 Å². The topological polar surface area (TPSA) is 87.7 Å². The van der Waals surface area contributed by atoms with Crippen LogP contribution in [-0.4, -0.2) is 26.6 Å². The maximum Gasteiger partial charge on any atom is 0.346 e. The second-order valence-corrected chi connectivity index (χ2v) is 7.83. The third-order valence-corrected chi connectivity index (χ3v) is 6.04. The number of anilines is 1. The van der Waals surface area contributed by atoms with Crippen molar-refractivity contribution in [2.75, 3.05) is 11.1 Å². The van der Waals surface area contributed by atoms with Crippen molar-refractivity contribution >= 4 is 44.4 Å². The highest BCUT2D eigenvalue weighted by Gasteiger charge is 2.17. The molecule has 0 fully saturated rings. The number of aryl methyl sites for hydroxylation is 1. The quantitative estimate of drug-likeness (QED) is 0.543. The van der Waals surface area contributed by atoms with E-state index in [-0.39, 0.29) is 17.3 Å². The second-order valence-electron chi connectivity index (χ2n) is 5.83. The lowest BCUT2D eigenvalue weighted by Gasteiger charge is -2.17. The monoisotopic (exact) mass is 372 g/mol. The van der Waals surface area contributed by atoms with Crippen molar-refractivity contribution in [1.82, 2.24) is 15.0 Å². The largest absolute Gasteiger partial charge is 0.346 e. The average Bonchev–Trinajstić information content (AvgIpc) is 3.01. The van der Waals surface area contributed by atoms with Gasteiger partial charge in [0.05, 0.1) is 16.0 Å². The van der Waals surface area contributed by atoms with E-state index in [4.69, 9.17) is 0 Å². The highest BCUT2D eigenvalue weighted by atomic mass is 32.2. The number of thioether (sulfide) groups is 1. The number of carbonyl (C=O) groups is 1. The first-order valence-corrected chi connectivity index (χ1v) is 9.89. The Balaban J connectivity index is 1.45. The van der Waals surface area contributed by atoms with E-state index in [1.54, 1.807) is 0 Å². The standard InChI is InChI=1S/C17H16N4O2S2/c22-14(20-17-19-12-7-3-4-8-13(12)25-17)9-24-15-10-5-1-2-6-11(10)18-16(23)21-15/h3-4,7-8H,1-2,5-6,9H2,(H,18,21,23)(H,19,20,22). The van der Waals surface area contributed by atoms with E-state index in [2.05, 4.69) is 20.3 Å². The molecule has 2 heterocycles. The molecule has 4 rings (SSSR count). The lowest BCUT2D eigenvalue weighted by atomic mass is 9.98. The number of hydrogen-bond donors (Lipinski definition) is 2. The van der Waals surface area contributed by atoms with Crippen molar-refractivity contribution in [3.05, 3.63) is 46.0 Å². The van der Waals surface area contributed by atoms with E-state index in [9.17, 15) is 9.59 Å². The Labute approximate surface area is 152 Å². The van der Waals surface area contributed by atoms with Gasteiger partial charge < -0.3 is 10.3 Å². The molecule has 0 aliphatic heterocycles. The summed E-state index contributed by atoms with van der Waals surface area (Å²) in [5.74, 6) is 0.0643. The number of thiazole rings is 1. The Morgan fingerprint density at radius 1 is 1.24 bits per heavy atom. The maximum absolute atomic E-state index is 12.2. The van der Waals surface area contributed by atoms with Gasteiger partial charge in [0, 0.05) is 11.3 Å². The van der Waals surface area contributed by atoms with Gasteiger partial charge in [0.1, 0.15) is 5.03 Å². The van der Waals surface area contributed by atoms with Crippen LogP contribution in [0.1, 0.15) is 24.1 Å². The van der Waals surface area contributed by atoms with Crippen molar-refractivity contribution in [3.8, 4) is 0 Å². The fourth-order valence-corrected chi connectivity index (χ4v) is 4.70. The Kier molecular flexibility index (Phi) is 4.54. The molecule has 1 aliphatic carbocycles. The van der Waals surface area contributed by atoms with Crippen LogP contribution < -0.4 is 11.0 Å². The van der Waals surface area contributed by atoms with E-state index in [1.165, 1.54) is 23.1 Å². The van der Waals surface area contributed by atoms with Crippen molar-refractivity contribution in [3.63, 3.8) is 0 Å². The fraction of sp³-hybridized carbons (Fsp3) is 0.294. The molecular formula is C17H16N4O2S2. The number of para-hydroxylation sites is 1. The number of benzene rings is 1. The predicted octanol–water partition coefficient (Wildman–Crippen LogP) is 2.99. The number of amides is 1. The highest BCUT2D eigenvalue weighted by molar-refractivity contribution is 8.00. The van der Waals surface area contributed by atoms with Gasteiger partial charge in [0.15, 0.2) is 5.13 Å². The molecule has 0 saturated carbocycles. The molecule has 0 radical (unpaired) electrons. The third kappa shape index (κ3) is 3.59. The maximum atomic E-state index is 12.2. The van der Waals surface area contributed by atoms with Crippen LogP contribution >= 0.6 is 23.1 Å². The van der Waals surface area contributed by atoms with Gasteiger partial charge >= 0.3 is 5.69 Å². The van der Waals surface area contributed by atoms with Crippen LogP contribution in [0.5, 0.6) is 0 Å². The molecular weight excluding hydrogens is 356 g/mol. The van der Waals surface area contributed by atoms with Gasteiger partial charge in [-0.15, -0.1) is 0 Å². The van der Waals surface area contributed by atoms with Gasteiger partial charge in [0.2, 0.25) is 5.91 Å². The Bertz CT molecular complexity index is 963. The number of aromatic amines is 1. The van der Waals surface area contributed by atoms with Gasteiger partial charge in [-0.1, -0.05) is 35.2 Å². The third-order valence-electron chi connectivity index (χ3n) is 4.07. The van der Waals surface area contributed by atoms with Crippen molar-refractivity contribution in [2.24, 2.45) is 0 Å². The van der Waals surface area contributed by atoms with Gasteiger partial charge in [-0.05, 0) is 37.8 Å². The molecule has 3 aromatic rings. The minimum atomic E-state index is -0.338. The SMILES string of the molecule is O=C(CSc1nc(=O)[nH]c2c1CCCC2)Nc1nc2ccccc2s1. The van der Waals surface area contributed by atoms with E-state index in [1.807, 2.05) is 24.3 Å². The Hall–Kier alpha value is -2.19. The number of rotatable bonds is 4. The summed E-state index contributed by atoms with van der Waals surface area (Å²) >= 11 is 2.77. The van der Waals surface area contributed by atoms with Crippen LogP contribution in [0.3, 0.4) is 0 Å². The zero-order valence-electron chi connectivity index (χ0n) is 13.4. The Morgan fingerprint density at radius 2 is 2.08 bits per heavy atom. The lowest BCUT2D eigenvalue weighted by molar-refractivity contribution is -0.113. The normalized spacial score (nSPS) is 13.6. The smallest absolute Gasteiger partial charge is 0.309 e. The van der Waals surface area contributed by atoms with E-state index >= 15 is 0 Å². The summed E-state index contributed by atoms with van der Waals surface area (Å²) < 4.78 is 1.04. The summed E-state index contributed by atoms with van der Waals surface area (Å²) in [5.41, 5.74) is 2.60. The number of carbonyl (C=O) groups excluding carboxylic acids is 1. The van der Waals surface area contributed by atoms with Crippen LogP contribution in [0.4, 0.5) is 5.13 Å². The minimum absolute atomic E-state index is 0.143.